The Morgan fingerprint density at radius 1 is 1.13 bits per heavy atom. The van der Waals surface area contributed by atoms with Gasteiger partial charge in [0.15, 0.2) is 0 Å². The molecule has 0 aliphatic carbocycles. The maximum Gasteiger partial charge on any atom is 0.410 e. The summed E-state index contributed by atoms with van der Waals surface area (Å²) in [6, 6.07) is 3.20. The van der Waals surface area contributed by atoms with Gasteiger partial charge >= 0.3 is 6.09 Å². The van der Waals surface area contributed by atoms with E-state index in [2.05, 4.69) is 15.3 Å². The fourth-order valence-corrected chi connectivity index (χ4v) is 4.82. The molecule has 1 aliphatic heterocycles. The summed E-state index contributed by atoms with van der Waals surface area (Å²) in [5, 5.41) is 3.83. The zero-order chi connectivity index (χ0) is 28.5. The van der Waals surface area contributed by atoms with Crippen LogP contribution in [0.2, 0.25) is 10.0 Å². The van der Waals surface area contributed by atoms with E-state index in [9.17, 15) is 9.59 Å². The van der Waals surface area contributed by atoms with Crippen molar-refractivity contribution in [2.45, 2.75) is 39.0 Å². The van der Waals surface area contributed by atoms with Crippen LogP contribution in [0.15, 0.2) is 23.1 Å². The molecule has 0 unspecified atom stereocenters. The SMILES string of the molecule is CNc1ncc2cc(-c3c(Cl)c(OC)cc(OC)c3Cl)c(=O)n(CCOC3CN(C(=O)OC(C)(C)C)C3)c2n1. The lowest BCUT2D eigenvalue weighted by molar-refractivity contribution is -0.0645. The van der Waals surface area contributed by atoms with Crippen molar-refractivity contribution in [1.29, 1.82) is 0 Å². The van der Waals surface area contributed by atoms with Gasteiger partial charge in [-0.05, 0) is 26.8 Å². The van der Waals surface area contributed by atoms with Crippen LogP contribution in [0.4, 0.5) is 10.7 Å². The smallest absolute Gasteiger partial charge is 0.410 e. The normalized spacial score (nSPS) is 13.8. The Kier molecular flexibility index (Phi) is 8.43. The molecule has 0 radical (unpaired) electrons. The third-order valence-corrected chi connectivity index (χ3v) is 6.81. The van der Waals surface area contributed by atoms with Crippen LogP contribution in [-0.2, 0) is 16.0 Å². The topological polar surface area (TPSA) is 117 Å². The Labute approximate surface area is 235 Å². The van der Waals surface area contributed by atoms with Gasteiger partial charge < -0.3 is 29.2 Å². The zero-order valence-electron chi connectivity index (χ0n) is 22.6. The van der Waals surface area contributed by atoms with E-state index < -0.39 is 5.60 Å². The highest BCUT2D eigenvalue weighted by Gasteiger charge is 2.34. The minimum absolute atomic E-state index is 0.170. The molecule has 0 saturated carbocycles. The predicted molar refractivity (Wildman–Crippen MR) is 149 cm³/mol. The number of pyridine rings is 1. The van der Waals surface area contributed by atoms with Gasteiger partial charge in [0.1, 0.15) is 22.7 Å². The third-order valence-electron chi connectivity index (χ3n) is 6.06. The molecule has 1 N–H and O–H groups in total. The Morgan fingerprint density at radius 3 is 2.33 bits per heavy atom. The molecule has 0 bridgehead atoms. The van der Waals surface area contributed by atoms with Crippen LogP contribution in [0, 0.1) is 0 Å². The van der Waals surface area contributed by atoms with Crippen molar-refractivity contribution in [3.05, 3.63) is 38.7 Å². The number of hydrogen-bond acceptors (Lipinski definition) is 9. The average Bonchev–Trinajstić information content (AvgIpc) is 2.85. The second-order valence-corrected chi connectivity index (χ2v) is 10.7. The minimum atomic E-state index is -0.567. The van der Waals surface area contributed by atoms with Gasteiger partial charge in [-0.25, -0.2) is 9.78 Å². The van der Waals surface area contributed by atoms with E-state index in [-0.39, 0.29) is 52.1 Å². The fourth-order valence-electron chi connectivity index (χ4n) is 4.12. The first-order valence-corrected chi connectivity index (χ1v) is 13.0. The lowest BCUT2D eigenvalue weighted by Crippen LogP contribution is -2.56. The van der Waals surface area contributed by atoms with Crippen LogP contribution in [0.25, 0.3) is 22.2 Å². The van der Waals surface area contributed by atoms with Crippen molar-refractivity contribution in [2.24, 2.45) is 0 Å². The van der Waals surface area contributed by atoms with Crippen LogP contribution in [-0.4, -0.2) is 78.2 Å². The maximum absolute atomic E-state index is 13.9. The molecule has 1 saturated heterocycles. The molecule has 1 fully saturated rings. The van der Waals surface area contributed by atoms with Crippen molar-refractivity contribution in [1.82, 2.24) is 19.4 Å². The first-order chi connectivity index (χ1) is 18.5. The van der Waals surface area contributed by atoms with Crippen molar-refractivity contribution < 1.29 is 23.7 Å². The van der Waals surface area contributed by atoms with Gasteiger partial charge in [0, 0.05) is 30.3 Å². The third kappa shape index (κ3) is 6.00. The zero-order valence-corrected chi connectivity index (χ0v) is 24.1. The number of methoxy groups -OCH3 is 2. The summed E-state index contributed by atoms with van der Waals surface area (Å²) in [5.41, 5.74) is -0.0214. The number of amides is 1. The Morgan fingerprint density at radius 2 is 1.77 bits per heavy atom. The molecule has 2 aromatic heterocycles. The number of carbonyl (C=O) groups is 1. The highest BCUT2D eigenvalue weighted by Crippen LogP contribution is 2.45. The summed E-state index contributed by atoms with van der Waals surface area (Å²) in [4.78, 5) is 36.4. The maximum atomic E-state index is 13.9. The Hall–Kier alpha value is -3.28. The van der Waals surface area contributed by atoms with Gasteiger partial charge in [0.25, 0.3) is 5.56 Å². The summed E-state index contributed by atoms with van der Waals surface area (Å²) in [5.74, 6) is 0.975. The van der Waals surface area contributed by atoms with Crippen LogP contribution in [0.5, 0.6) is 11.5 Å². The second-order valence-electron chi connectivity index (χ2n) is 9.90. The minimum Gasteiger partial charge on any atom is -0.495 e. The molecule has 1 aliphatic rings. The number of ether oxygens (including phenoxy) is 4. The molecule has 11 nitrogen and oxygen atoms in total. The number of halogens is 2. The van der Waals surface area contributed by atoms with Crippen molar-refractivity contribution >= 4 is 46.3 Å². The predicted octanol–water partition coefficient (Wildman–Crippen LogP) is 4.46. The first kappa shape index (κ1) is 28.7. The molecule has 0 spiro atoms. The van der Waals surface area contributed by atoms with Crippen LogP contribution < -0.4 is 20.3 Å². The van der Waals surface area contributed by atoms with Crippen LogP contribution >= 0.6 is 23.2 Å². The standard InChI is InChI=1S/C26H31Cl2N5O6/c1-26(2,3)39-25(35)32-12-15(13-32)38-8-7-33-22-14(11-30-24(29-4)31-22)9-16(23(33)34)19-20(27)17(36-5)10-18(37-6)21(19)28/h9-11,15H,7-8,12-13H2,1-6H3,(H,29,30,31). The first-order valence-electron chi connectivity index (χ1n) is 12.3. The summed E-state index contributed by atoms with van der Waals surface area (Å²) in [6.07, 6.45) is 1.06. The number of nitrogens with zero attached hydrogens (tertiary/aromatic N) is 4. The molecular weight excluding hydrogens is 549 g/mol. The van der Waals surface area contributed by atoms with Crippen LogP contribution in [0.1, 0.15) is 20.8 Å². The van der Waals surface area contributed by atoms with Gasteiger partial charge in [-0.1, -0.05) is 23.2 Å². The van der Waals surface area contributed by atoms with Crippen LogP contribution in [0.3, 0.4) is 0 Å². The number of benzene rings is 1. The van der Waals surface area contributed by atoms with E-state index in [1.54, 1.807) is 30.3 Å². The van der Waals surface area contributed by atoms with Crippen molar-refractivity contribution in [3.8, 4) is 22.6 Å². The van der Waals surface area contributed by atoms with E-state index in [4.69, 9.17) is 42.1 Å². The molecule has 0 atom stereocenters. The molecule has 210 valence electrons. The van der Waals surface area contributed by atoms with E-state index in [0.717, 1.165) is 0 Å². The largest absolute Gasteiger partial charge is 0.495 e. The van der Waals surface area contributed by atoms with Gasteiger partial charge in [0.2, 0.25) is 5.95 Å². The van der Waals surface area contributed by atoms with Gasteiger partial charge in [-0.3, -0.25) is 9.36 Å². The number of anilines is 1. The molecule has 3 heterocycles. The quantitative estimate of drug-likeness (QED) is 0.412. The average molecular weight is 580 g/mol. The number of hydrogen-bond donors (Lipinski definition) is 1. The lowest BCUT2D eigenvalue weighted by Gasteiger charge is -2.39. The summed E-state index contributed by atoms with van der Waals surface area (Å²) in [7, 11) is 4.62. The van der Waals surface area contributed by atoms with Gasteiger partial charge in [-0.15, -0.1) is 0 Å². The molecule has 1 aromatic carbocycles. The van der Waals surface area contributed by atoms with Crippen molar-refractivity contribution in [3.63, 3.8) is 0 Å². The number of carbonyl (C=O) groups excluding carboxylic acids is 1. The molecule has 1 amide bonds. The van der Waals surface area contributed by atoms with Gasteiger partial charge in [0.05, 0.1) is 62.2 Å². The second kappa shape index (κ2) is 11.4. The van der Waals surface area contributed by atoms with E-state index in [0.29, 0.717) is 41.6 Å². The molecule has 39 heavy (non-hydrogen) atoms. The van der Waals surface area contributed by atoms with E-state index >= 15 is 0 Å². The molecular formula is C26H31Cl2N5O6. The summed E-state index contributed by atoms with van der Waals surface area (Å²) >= 11 is 13.3. The fraction of sp³-hybridized carbons (Fsp3) is 0.462. The Bertz CT molecular complexity index is 1420. The highest BCUT2D eigenvalue weighted by atomic mass is 35.5. The monoisotopic (exact) mass is 579 g/mol. The number of rotatable bonds is 8. The van der Waals surface area contributed by atoms with Gasteiger partial charge in [-0.2, -0.15) is 4.98 Å². The van der Waals surface area contributed by atoms with Crippen molar-refractivity contribution in [2.75, 3.05) is 46.3 Å². The Balaban J connectivity index is 1.65. The number of nitrogens with one attached hydrogen (secondary N) is 1. The summed E-state index contributed by atoms with van der Waals surface area (Å²) < 4.78 is 23.6. The summed E-state index contributed by atoms with van der Waals surface area (Å²) in [6.45, 7) is 6.66. The lowest BCUT2D eigenvalue weighted by atomic mass is 10.0. The molecule has 13 heteroatoms. The highest BCUT2D eigenvalue weighted by molar-refractivity contribution is 6.41. The van der Waals surface area contributed by atoms with E-state index in [1.165, 1.54) is 18.8 Å². The number of aromatic nitrogens is 3. The molecule has 3 aromatic rings. The molecule has 4 rings (SSSR count). The van der Waals surface area contributed by atoms with E-state index in [1.807, 2.05) is 20.8 Å². The number of fused-ring (bicyclic) bond motifs is 1. The number of likely N-dealkylation sites (tertiary alicyclic amines) is 1.